The molecule has 0 aromatic heterocycles. The number of dihydropyridines is 1. The molecule has 0 amide bonds. The SMILES string of the molecule is NOCCNC1CC=CC=N1. The van der Waals surface area contributed by atoms with Crippen molar-refractivity contribution < 1.29 is 4.84 Å². The predicted octanol–water partition coefficient (Wildman–Crippen LogP) is -0.177. The van der Waals surface area contributed by atoms with E-state index in [2.05, 4.69) is 21.2 Å². The Morgan fingerprint density at radius 2 is 2.64 bits per heavy atom. The molecule has 1 atom stereocenters. The molecule has 4 nitrogen and oxygen atoms in total. The minimum atomic E-state index is 0.204. The fourth-order valence-electron chi connectivity index (χ4n) is 0.903. The lowest BCUT2D eigenvalue weighted by Crippen LogP contribution is -2.31. The second-order valence-electron chi connectivity index (χ2n) is 2.30. The third-order valence-electron chi connectivity index (χ3n) is 1.45. The quantitative estimate of drug-likeness (QED) is 0.437. The van der Waals surface area contributed by atoms with E-state index in [4.69, 9.17) is 5.90 Å². The van der Waals surface area contributed by atoms with E-state index in [-0.39, 0.29) is 6.17 Å². The molecule has 1 unspecified atom stereocenters. The van der Waals surface area contributed by atoms with E-state index in [1.54, 1.807) is 6.21 Å². The van der Waals surface area contributed by atoms with E-state index in [0.717, 1.165) is 13.0 Å². The van der Waals surface area contributed by atoms with Crippen molar-refractivity contribution in [2.24, 2.45) is 10.9 Å². The van der Waals surface area contributed by atoms with Crippen LogP contribution in [0.5, 0.6) is 0 Å². The summed E-state index contributed by atoms with van der Waals surface area (Å²) in [6.45, 7) is 1.27. The molecule has 3 N–H and O–H groups in total. The predicted molar refractivity (Wildman–Crippen MR) is 44.2 cm³/mol. The zero-order chi connectivity index (χ0) is 7.94. The van der Waals surface area contributed by atoms with Crippen LogP contribution in [0.2, 0.25) is 0 Å². The van der Waals surface area contributed by atoms with Crippen LogP contribution in [0.15, 0.2) is 17.1 Å². The first-order chi connectivity index (χ1) is 5.43. The molecule has 1 heterocycles. The smallest absolute Gasteiger partial charge is 0.103 e. The minimum absolute atomic E-state index is 0.204. The number of hydrogen-bond donors (Lipinski definition) is 2. The summed E-state index contributed by atoms with van der Waals surface area (Å²) in [6, 6.07) is 0. The van der Waals surface area contributed by atoms with Crippen molar-refractivity contribution in [1.29, 1.82) is 0 Å². The fraction of sp³-hybridized carbons (Fsp3) is 0.571. The molecule has 11 heavy (non-hydrogen) atoms. The first-order valence-corrected chi connectivity index (χ1v) is 3.67. The summed E-state index contributed by atoms with van der Waals surface area (Å²) in [5, 5.41) is 3.17. The van der Waals surface area contributed by atoms with Crippen molar-refractivity contribution in [1.82, 2.24) is 5.32 Å². The van der Waals surface area contributed by atoms with Gasteiger partial charge in [-0.3, -0.25) is 10.3 Å². The average molecular weight is 155 g/mol. The van der Waals surface area contributed by atoms with Gasteiger partial charge in [0.15, 0.2) is 0 Å². The van der Waals surface area contributed by atoms with Gasteiger partial charge in [0.1, 0.15) is 6.17 Å². The van der Waals surface area contributed by atoms with Gasteiger partial charge in [-0.05, 0) is 6.08 Å². The van der Waals surface area contributed by atoms with Crippen LogP contribution in [0.3, 0.4) is 0 Å². The van der Waals surface area contributed by atoms with Crippen LogP contribution in [0.4, 0.5) is 0 Å². The highest BCUT2D eigenvalue weighted by Crippen LogP contribution is 1.98. The molecule has 0 aromatic rings. The molecule has 1 aliphatic rings. The third kappa shape index (κ3) is 3.27. The topological polar surface area (TPSA) is 59.6 Å². The Balaban J connectivity index is 2.07. The van der Waals surface area contributed by atoms with Gasteiger partial charge in [0.25, 0.3) is 0 Å². The highest BCUT2D eigenvalue weighted by Gasteiger charge is 2.03. The molecule has 0 fully saturated rings. The van der Waals surface area contributed by atoms with Crippen LogP contribution < -0.4 is 11.2 Å². The Kier molecular flexibility index (Phi) is 3.82. The van der Waals surface area contributed by atoms with E-state index < -0.39 is 0 Å². The standard InChI is InChI=1S/C7H13N3O/c8-11-6-5-10-7-3-1-2-4-9-7/h1-2,4,7,10H,3,5-6,8H2. The summed E-state index contributed by atoms with van der Waals surface area (Å²) < 4.78 is 0. The van der Waals surface area contributed by atoms with Crippen molar-refractivity contribution in [2.75, 3.05) is 13.2 Å². The van der Waals surface area contributed by atoms with Gasteiger partial charge < -0.3 is 4.84 Å². The zero-order valence-electron chi connectivity index (χ0n) is 6.36. The molecule has 0 saturated carbocycles. The van der Waals surface area contributed by atoms with Crippen molar-refractivity contribution >= 4 is 6.21 Å². The molecule has 0 aromatic carbocycles. The maximum absolute atomic E-state index is 4.85. The Morgan fingerprint density at radius 1 is 1.73 bits per heavy atom. The van der Waals surface area contributed by atoms with Gasteiger partial charge >= 0.3 is 0 Å². The van der Waals surface area contributed by atoms with Gasteiger partial charge in [-0.2, -0.15) is 0 Å². The number of nitrogens with two attached hydrogens (primary N) is 1. The highest BCUT2D eigenvalue weighted by molar-refractivity contribution is 5.72. The number of aliphatic imine (C=N–C) groups is 1. The molecule has 0 spiro atoms. The van der Waals surface area contributed by atoms with Crippen LogP contribution in [0.25, 0.3) is 0 Å². The Hall–Kier alpha value is -0.710. The summed E-state index contributed by atoms with van der Waals surface area (Å²) in [6.07, 6.45) is 6.96. The third-order valence-corrected chi connectivity index (χ3v) is 1.45. The molecule has 0 bridgehead atoms. The van der Waals surface area contributed by atoms with Gasteiger partial charge in [0.2, 0.25) is 0 Å². The monoisotopic (exact) mass is 155 g/mol. The summed E-state index contributed by atoms with van der Waals surface area (Å²) in [5.74, 6) is 4.85. The average Bonchev–Trinajstić information content (AvgIpc) is 2.07. The van der Waals surface area contributed by atoms with Gasteiger partial charge in [-0.15, -0.1) is 0 Å². The normalized spacial score (nSPS) is 22.5. The van der Waals surface area contributed by atoms with Crippen molar-refractivity contribution in [3.63, 3.8) is 0 Å². The molecule has 1 aliphatic heterocycles. The number of rotatable bonds is 4. The summed E-state index contributed by atoms with van der Waals surface area (Å²) in [7, 11) is 0. The number of hydrogen-bond acceptors (Lipinski definition) is 4. The maximum Gasteiger partial charge on any atom is 0.103 e. The van der Waals surface area contributed by atoms with Crippen LogP contribution >= 0.6 is 0 Å². The van der Waals surface area contributed by atoms with E-state index in [9.17, 15) is 0 Å². The molecular formula is C7H13N3O. The first-order valence-electron chi connectivity index (χ1n) is 3.67. The van der Waals surface area contributed by atoms with Gasteiger partial charge in [0, 0.05) is 19.2 Å². The maximum atomic E-state index is 4.85. The lowest BCUT2D eigenvalue weighted by Gasteiger charge is -2.13. The lowest BCUT2D eigenvalue weighted by molar-refractivity contribution is 0.137. The molecular weight excluding hydrogens is 142 g/mol. The zero-order valence-corrected chi connectivity index (χ0v) is 6.36. The van der Waals surface area contributed by atoms with Crippen molar-refractivity contribution in [2.45, 2.75) is 12.6 Å². The Morgan fingerprint density at radius 3 is 3.27 bits per heavy atom. The minimum Gasteiger partial charge on any atom is -0.303 e. The van der Waals surface area contributed by atoms with E-state index in [1.807, 2.05) is 6.08 Å². The molecule has 62 valence electrons. The molecule has 0 radical (unpaired) electrons. The molecule has 0 aliphatic carbocycles. The van der Waals surface area contributed by atoms with Gasteiger partial charge in [-0.1, -0.05) is 6.08 Å². The number of nitrogens with zero attached hydrogens (tertiary/aromatic N) is 1. The lowest BCUT2D eigenvalue weighted by atomic mass is 10.3. The largest absolute Gasteiger partial charge is 0.303 e. The first kappa shape index (κ1) is 8.39. The second-order valence-corrected chi connectivity index (χ2v) is 2.30. The van der Waals surface area contributed by atoms with Crippen LogP contribution in [0.1, 0.15) is 6.42 Å². The Bertz CT molecular complexity index is 156. The summed E-state index contributed by atoms with van der Waals surface area (Å²) in [4.78, 5) is 8.58. The number of allylic oxidation sites excluding steroid dienone is 1. The van der Waals surface area contributed by atoms with Crippen LogP contribution in [0, 0.1) is 0 Å². The van der Waals surface area contributed by atoms with Crippen molar-refractivity contribution in [3.05, 3.63) is 12.2 Å². The second kappa shape index (κ2) is 5.01. The highest BCUT2D eigenvalue weighted by atomic mass is 16.6. The molecule has 1 rings (SSSR count). The van der Waals surface area contributed by atoms with Crippen LogP contribution in [-0.2, 0) is 4.84 Å². The van der Waals surface area contributed by atoms with E-state index >= 15 is 0 Å². The van der Waals surface area contributed by atoms with Crippen molar-refractivity contribution in [3.8, 4) is 0 Å². The van der Waals surface area contributed by atoms with Gasteiger partial charge in [-0.25, -0.2) is 5.90 Å². The van der Waals surface area contributed by atoms with E-state index in [0.29, 0.717) is 6.61 Å². The summed E-state index contributed by atoms with van der Waals surface area (Å²) in [5.41, 5.74) is 0. The van der Waals surface area contributed by atoms with Crippen LogP contribution in [-0.4, -0.2) is 25.5 Å². The number of nitrogens with one attached hydrogen (secondary N) is 1. The Labute approximate surface area is 66.1 Å². The van der Waals surface area contributed by atoms with Gasteiger partial charge in [0.05, 0.1) is 6.61 Å². The molecule has 0 saturated heterocycles. The molecule has 4 heteroatoms. The van der Waals surface area contributed by atoms with E-state index in [1.165, 1.54) is 0 Å². The fourth-order valence-corrected chi connectivity index (χ4v) is 0.903. The summed E-state index contributed by atoms with van der Waals surface area (Å²) >= 11 is 0.